The van der Waals surface area contributed by atoms with E-state index in [1.807, 2.05) is 6.07 Å². The van der Waals surface area contributed by atoms with Crippen molar-refractivity contribution in [1.29, 1.82) is 5.26 Å². The topological polar surface area (TPSA) is 134 Å². The van der Waals surface area contributed by atoms with Crippen molar-refractivity contribution >= 4 is 24.1 Å². The van der Waals surface area contributed by atoms with Gasteiger partial charge in [0.25, 0.3) is 5.91 Å². The second kappa shape index (κ2) is 11.8. The van der Waals surface area contributed by atoms with Crippen molar-refractivity contribution in [1.82, 2.24) is 9.80 Å². The first-order chi connectivity index (χ1) is 15.0. The highest BCUT2D eigenvalue weighted by Crippen LogP contribution is 2.24. The van der Waals surface area contributed by atoms with Crippen LogP contribution in [0.4, 0.5) is 0 Å². The number of esters is 1. The maximum atomic E-state index is 13.5. The van der Waals surface area contributed by atoms with Gasteiger partial charge in [0.2, 0.25) is 12.2 Å². The number of ether oxygens (including phenoxy) is 1. The van der Waals surface area contributed by atoms with Crippen LogP contribution in [0.2, 0.25) is 0 Å². The molecule has 0 aliphatic carbocycles. The van der Waals surface area contributed by atoms with Crippen LogP contribution in [0.25, 0.3) is 0 Å². The minimum atomic E-state index is -0.850. The van der Waals surface area contributed by atoms with Gasteiger partial charge in [-0.25, -0.2) is 0 Å². The van der Waals surface area contributed by atoms with Gasteiger partial charge >= 0.3 is 5.97 Å². The fourth-order valence-electron chi connectivity index (χ4n) is 2.99. The number of allylic oxidation sites excluding steroid dienone is 1. The van der Waals surface area contributed by atoms with E-state index in [2.05, 4.69) is 0 Å². The highest BCUT2D eigenvalue weighted by atomic mass is 16.5. The van der Waals surface area contributed by atoms with Crippen molar-refractivity contribution in [2.75, 3.05) is 20.3 Å². The van der Waals surface area contributed by atoms with E-state index in [0.29, 0.717) is 17.5 Å². The summed E-state index contributed by atoms with van der Waals surface area (Å²) in [6.45, 7) is 8.10. The summed E-state index contributed by atoms with van der Waals surface area (Å²) in [7, 11) is 1.42. The number of hydrogen-bond donors (Lipinski definition) is 1. The molecule has 1 aromatic carbocycles. The van der Waals surface area contributed by atoms with Crippen LogP contribution in [-0.2, 0) is 19.1 Å². The molecule has 1 aromatic rings. The summed E-state index contributed by atoms with van der Waals surface area (Å²) >= 11 is 0. The zero-order valence-electron chi connectivity index (χ0n) is 19.3. The minimum Gasteiger partial charge on any atom is -0.443 e. The first-order valence-corrected chi connectivity index (χ1v) is 10.2. The molecular weight excluding hydrogens is 412 g/mol. The van der Waals surface area contributed by atoms with E-state index in [4.69, 9.17) is 10.5 Å². The molecule has 0 radical (unpaired) electrons. The molecule has 1 unspecified atom stereocenters. The minimum absolute atomic E-state index is 0.0811. The second-order valence-electron chi connectivity index (χ2n) is 7.72. The number of nitrogens with zero attached hydrogens (tertiary/aromatic N) is 3. The largest absolute Gasteiger partial charge is 0.443 e. The molecule has 0 aromatic heterocycles. The van der Waals surface area contributed by atoms with Crippen molar-refractivity contribution in [3.63, 3.8) is 0 Å². The number of nitrogens with two attached hydrogens (primary N) is 1. The Morgan fingerprint density at radius 2 is 1.84 bits per heavy atom. The van der Waals surface area contributed by atoms with Gasteiger partial charge in [-0.15, -0.1) is 0 Å². The van der Waals surface area contributed by atoms with Crippen molar-refractivity contribution < 1.29 is 23.9 Å². The number of Topliss-reactive ketones (excluding diaryl/α,β-unsaturated/α-hetero) is 1. The van der Waals surface area contributed by atoms with Crippen LogP contribution in [-0.4, -0.2) is 60.2 Å². The SMILES string of the molecule is CCN(C=O)/C(C(=O)c1cc(C)cc(C#N)c1)=C(\C(=O)N(C)COC(=O)C(C)N)C(C)C. The van der Waals surface area contributed by atoms with Crippen molar-refractivity contribution in [3.05, 3.63) is 46.2 Å². The number of carbonyl (C=O) groups excluding carboxylic acids is 4. The summed E-state index contributed by atoms with van der Waals surface area (Å²) in [6.07, 6.45) is 0.486. The Morgan fingerprint density at radius 1 is 1.22 bits per heavy atom. The molecule has 9 heteroatoms. The molecule has 0 saturated carbocycles. The second-order valence-corrected chi connectivity index (χ2v) is 7.72. The van der Waals surface area contributed by atoms with E-state index in [0.717, 1.165) is 9.80 Å². The van der Waals surface area contributed by atoms with E-state index < -0.39 is 29.6 Å². The van der Waals surface area contributed by atoms with Gasteiger partial charge in [-0.2, -0.15) is 5.26 Å². The zero-order valence-corrected chi connectivity index (χ0v) is 19.3. The maximum Gasteiger partial charge on any atom is 0.324 e. The quantitative estimate of drug-likeness (QED) is 0.192. The van der Waals surface area contributed by atoms with Gasteiger partial charge in [-0.05, 0) is 50.5 Å². The molecule has 1 atom stereocenters. The van der Waals surface area contributed by atoms with Gasteiger partial charge in [0.15, 0.2) is 6.73 Å². The molecule has 0 spiro atoms. The monoisotopic (exact) mass is 442 g/mol. The molecule has 0 aliphatic rings. The Bertz CT molecular complexity index is 960. The van der Waals surface area contributed by atoms with Crippen molar-refractivity contribution in [2.45, 2.75) is 40.7 Å². The van der Waals surface area contributed by atoms with E-state index in [1.54, 1.807) is 39.8 Å². The predicted molar refractivity (Wildman–Crippen MR) is 118 cm³/mol. The average Bonchev–Trinajstić information content (AvgIpc) is 2.75. The molecule has 0 saturated heterocycles. The van der Waals surface area contributed by atoms with E-state index in [1.165, 1.54) is 20.0 Å². The van der Waals surface area contributed by atoms with Crippen LogP contribution in [0.15, 0.2) is 29.5 Å². The lowest BCUT2D eigenvalue weighted by Gasteiger charge is -2.27. The Hall–Kier alpha value is -3.51. The fraction of sp³-hybridized carbons (Fsp3) is 0.435. The number of hydrogen-bond acceptors (Lipinski definition) is 7. The smallest absolute Gasteiger partial charge is 0.324 e. The lowest BCUT2D eigenvalue weighted by Crippen LogP contribution is -2.39. The Balaban J connectivity index is 3.59. The normalized spacial score (nSPS) is 12.3. The molecule has 2 amide bonds. The molecule has 172 valence electrons. The van der Waals surface area contributed by atoms with Gasteiger partial charge in [0, 0.05) is 24.7 Å². The molecule has 0 fully saturated rings. The number of rotatable bonds is 10. The number of benzene rings is 1. The maximum absolute atomic E-state index is 13.5. The fourth-order valence-corrected chi connectivity index (χ4v) is 2.99. The summed E-state index contributed by atoms with van der Waals surface area (Å²) in [5.74, 6) is -2.25. The molecule has 2 N–H and O–H groups in total. The van der Waals surface area contributed by atoms with Gasteiger partial charge < -0.3 is 20.3 Å². The van der Waals surface area contributed by atoms with Gasteiger partial charge in [-0.3, -0.25) is 19.2 Å². The van der Waals surface area contributed by atoms with Crippen LogP contribution in [0.3, 0.4) is 0 Å². The van der Waals surface area contributed by atoms with Crippen molar-refractivity contribution in [3.8, 4) is 6.07 Å². The molecule has 0 bridgehead atoms. The van der Waals surface area contributed by atoms with E-state index >= 15 is 0 Å². The van der Waals surface area contributed by atoms with Crippen LogP contribution < -0.4 is 5.73 Å². The number of amides is 2. The number of ketones is 1. The molecule has 0 heterocycles. The van der Waals surface area contributed by atoms with Gasteiger partial charge in [0.1, 0.15) is 11.7 Å². The first kappa shape index (κ1) is 26.5. The summed E-state index contributed by atoms with van der Waals surface area (Å²) in [4.78, 5) is 52.5. The van der Waals surface area contributed by atoms with Crippen LogP contribution >= 0.6 is 0 Å². The van der Waals surface area contributed by atoms with E-state index in [9.17, 15) is 24.4 Å². The number of likely N-dealkylation sites (N-methyl/N-ethyl adjacent to an activating group) is 2. The third-order valence-corrected chi connectivity index (χ3v) is 4.62. The average molecular weight is 443 g/mol. The third-order valence-electron chi connectivity index (χ3n) is 4.62. The third kappa shape index (κ3) is 6.49. The van der Waals surface area contributed by atoms with Crippen LogP contribution in [0, 0.1) is 24.2 Å². The molecule has 0 aliphatic heterocycles. The lowest BCUT2D eigenvalue weighted by molar-refractivity contribution is -0.151. The van der Waals surface area contributed by atoms with Crippen LogP contribution in [0.1, 0.15) is 49.2 Å². The highest BCUT2D eigenvalue weighted by molar-refractivity contribution is 6.14. The van der Waals surface area contributed by atoms with E-state index in [-0.39, 0.29) is 30.1 Å². The highest BCUT2D eigenvalue weighted by Gasteiger charge is 2.30. The van der Waals surface area contributed by atoms with Crippen molar-refractivity contribution in [2.24, 2.45) is 11.7 Å². The summed E-state index contributed by atoms with van der Waals surface area (Å²) < 4.78 is 5.01. The van der Waals surface area contributed by atoms with Gasteiger partial charge in [-0.1, -0.05) is 13.8 Å². The van der Waals surface area contributed by atoms with Gasteiger partial charge in [0.05, 0.1) is 11.6 Å². The molecular formula is C23H30N4O5. The number of aryl methyl sites for hydroxylation is 1. The first-order valence-electron chi connectivity index (χ1n) is 10.2. The molecule has 1 rings (SSSR count). The Labute approximate surface area is 188 Å². The summed E-state index contributed by atoms with van der Waals surface area (Å²) in [5.41, 5.74) is 6.65. The Kier molecular flexibility index (Phi) is 9.75. The lowest BCUT2D eigenvalue weighted by atomic mass is 9.93. The standard InChI is InChI=1S/C23H30N4O5/c1-7-27(12-28)20(21(29)18-9-15(4)8-17(10-18)11-24)19(14(2)3)22(30)26(6)13-32-23(31)16(5)25/h8-10,12,14,16H,7,13,25H2,1-6H3/b20-19-. The Morgan fingerprint density at radius 3 is 2.31 bits per heavy atom. The summed E-state index contributed by atoms with van der Waals surface area (Å²) in [5, 5.41) is 9.26. The number of nitriles is 1. The van der Waals surface area contributed by atoms with Crippen LogP contribution in [0.5, 0.6) is 0 Å². The molecule has 9 nitrogen and oxygen atoms in total. The summed E-state index contributed by atoms with van der Waals surface area (Å²) in [6, 6.07) is 5.80. The zero-order chi connectivity index (χ0) is 24.6. The molecule has 32 heavy (non-hydrogen) atoms. The predicted octanol–water partition coefficient (Wildman–Crippen LogP) is 1.74. The number of carbonyl (C=O) groups is 4.